The molecule has 2 aromatic heterocycles. The zero-order valence-electron chi connectivity index (χ0n) is 17.2. The minimum absolute atomic E-state index is 0. The van der Waals surface area contributed by atoms with E-state index in [2.05, 4.69) is 38.3 Å². The standard InChI is InChI=1S/C23H24N3O3.BrH/c1-27-20-8-5-17(6-9-20)15-25-16-19(26-12-4-11-24-23(25)26)13-18-7-10-21(28-2)22(14-18)29-3;/h4-12,14,16H,13,15H2,1-3H3;1H/q+1;/p-1. The van der Waals surface area contributed by atoms with Crippen LogP contribution in [0.1, 0.15) is 16.8 Å². The van der Waals surface area contributed by atoms with E-state index in [4.69, 9.17) is 14.2 Å². The lowest BCUT2D eigenvalue weighted by Crippen LogP contribution is -3.00. The first-order valence-electron chi connectivity index (χ1n) is 9.40. The molecule has 0 bridgehead atoms. The lowest BCUT2D eigenvalue weighted by molar-refractivity contribution is -0.664. The second-order valence-corrected chi connectivity index (χ2v) is 6.75. The van der Waals surface area contributed by atoms with E-state index in [1.54, 1.807) is 21.3 Å². The van der Waals surface area contributed by atoms with Gasteiger partial charge in [0, 0.05) is 12.5 Å². The quantitative estimate of drug-likeness (QED) is 0.365. The summed E-state index contributed by atoms with van der Waals surface area (Å²) in [5.41, 5.74) is 3.47. The summed E-state index contributed by atoms with van der Waals surface area (Å²) in [6, 6.07) is 16.1. The Labute approximate surface area is 186 Å². The van der Waals surface area contributed by atoms with Crippen molar-refractivity contribution in [3.8, 4) is 17.2 Å². The molecule has 0 N–H and O–H groups in total. The van der Waals surface area contributed by atoms with Crippen LogP contribution >= 0.6 is 0 Å². The Bertz CT molecular complexity index is 1130. The fourth-order valence-corrected chi connectivity index (χ4v) is 3.47. The van der Waals surface area contributed by atoms with E-state index in [9.17, 15) is 0 Å². The number of nitrogens with zero attached hydrogens (tertiary/aromatic N) is 3. The van der Waals surface area contributed by atoms with Gasteiger partial charge in [0.15, 0.2) is 11.5 Å². The predicted octanol–water partition coefficient (Wildman–Crippen LogP) is 0.291. The van der Waals surface area contributed by atoms with Crippen molar-refractivity contribution in [2.24, 2.45) is 0 Å². The number of imidazole rings is 1. The van der Waals surface area contributed by atoms with Crippen molar-refractivity contribution >= 4 is 5.78 Å². The normalized spacial score (nSPS) is 10.5. The molecule has 0 aliphatic carbocycles. The maximum Gasteiger partial charge on any atom is 0.403 e. The molecule has 2 aromatic carbocycles. The molecule has 30 heavy (non-hydrogen) atoms. The maximum atomic E-state index is 5.45. The highest BCUT2D eigenvalue weighted by Gasteiger charge is 2.18. The van der Waals surface area contributed by atoms with Gasteiger partial charge in [-0.25, -0.2) is 8.97 Å². The van der Waals surface area contributed by atoms with Crippen LogP contribution in [-0.4, -0.2) is 30.7 Å². The van der Waals surface area contributed by atoms with E-state index >= 15 is 0 Å². The van der Waals surface area contributed by atoms with Gasteiger partial charge in [-0.2, -0.15) is 0 Å². The van der Waals surface area contributed by atoms with Gasteiger partial charge in [0.2, 0.25) is 0 Å². The molecule has 0 aliphatic rings. The van der Waals surface area contributed by atoms with Gasteiger partial charge in [-0.1, -0.05) is 23.2 Å². The molecule has 0 atom stereocenters. The molecule has 0 aliphatic heterocycles. The van der Waals surface area contributed by atoms with Crippen molar-refractivity contribution < 1.29 is 35.8 Å². The Morgan fingerprint density at radius 2 is 1.63 bits per heavy atom. The van der Waals surface area contributed by atoms with Gasteiger partial charge in [-0.15, -0.1) is 0 Å². The highest BCUT2D eigenvalue weighted by molar-refractivity contribution is 5.44. The summed E-state index contributed by atoms with van der Waals surface area (Å²) < 4.78 is 20.3. The predicted molar refractivity (Wildman–Crippen MR) is 110 cm³/mol. The van der Waals surface area contributed by atoms with E-state index in [0.29, 0.717) is 0 Å². The molecule has 0 saturated carbocycles. The first-order chi connectivity index (χ1) is 14.2. The second-order valence-electron chi connectivity index (χ2n) is 6.75. The highest BCUT2D eigenvalue weighted by Crippen LogP contribution is 2.28. The Balaban J connectivity index is 0.00000256. The number of hydrogen-bond acceptors (Lipinski definition) is 4. The summed E-state index contributed by atoms with van der Waals surface area (Å²) in [6.45, 7) is 0.733. The molecule has 0 saturated heterocycles. The van der Waals surface area contributed by atoms with E-state index < -0.39 is 0 Å². The van der Waals surface area contributed by atoms with Crippen molar-refractivity contribution in [2.75, 3.05) is 21.3 Å². The fraction of sp³-hybridized carbons (Fsp3) is 0.217. The van der Waals surface area contributed by atoms with Crippen LogP contribution in [0.25, 0.3) is 5.78 Å². The molecule has 4 aromatic rings. The zero-order valence-corrected chi connectivity index (χ0v) is 18.8. The number of fused-ring (bicyclic) bond motifs is 1. The van der Waals surface area contributed by atoms with Crippen LogP contribution in [0.4, 0.5) is 0 Å². The van der Waals surface area contributed by atoms with Crippen molar-refractivity contribution in [1.29, 1.82) is 0 Å². The smallest absolute Gasteiger partial charge is 0.403 e. The van der Waals surface area contributed by atoms with Crippen LogP contribution in [0.5, 0.6) is 17.2 Å². The molecule has 6 nitrogen and oxygen atoms in total. The SMILES string of the molecule is COc1ccc(C[n+]2cc(Cc3ccc(OC)c(OC)c3)n3cccnc32)cc1.[Br-]. The number of hydrogen-bond donors (Lipinski definition) is 0. The molecular formula is C23H24BrN3O3. The molecule has 4 rings (SSSR count). The molecule has 156 valence electrons. The van der Waals surface area contributed by atoms with Crippen LogP contribution in [0.3, 0.4) is 0 Å². The zero-order chi connectivity index (χ0) is 20.2. The minimum atomic E-state index is 0. The lowest BCUT2D eigenvalue weighted by Gasteiger charge is -2.08. The van der Waals surface area contributed by atoms with Crippen molar-refractivity contribution in [2.45, 2.75) is 13.0 Å². The summed E-state index contributed by atoms with van der Waals surface area (Å²) in [5.74, 6) is 3.22. The number of aromatic nitrogens is 3. The Morgan fingerprint density at radius 3 is 2.33 bits per heavy atom. The van der Waals surface area contributed by atoms with Gasteiger partial charge in [0.05, 0.1) is 34.1 Å². The van der Waals surface area contributed by atoms with Crippen LogP contribution < -0.4 is 35.8 Å². The Kier molecular flexibility index (Phi) is 6.95. The molecule has 2 heterocycles. The van der Waals surface area contributed by atoms with Crippen molar-refractivity contribution in [3.63, 3.8) is 0 Å². The number of rotatable bonds is 7. The average Bonchev–Trinajstić information content (AvgIpc) is 3.11. The average molecular weight is 470 g/mol. The fourth-order valence-electron chi connectivity index (χ4n) is 3.47. The Morgan fingerprint density at radius 1 is 0.900 bits per heavy atom. The summed E-state index contributed by atoms with van der Waals surface area (Å²) in [6.07, 6.45) is 6.77. The first-order valence-corrected chi connectivity index (χ1v) is 9.40. The van der Waals surface area contributed by atoms with Crippen molar-refractivity contribution in [3.05, 3.63) is 83.9 Å². The molecule has 0 spiro atoms. The summed E-state index contributed by atoms with van der Waals surface area (Å²) >= 11 is 0. The van der Waals surface area contributed by atoms with Crippen LogP contribution in [-0.2, 0) is 13.0 Å². The van der Waals surface area contributed by atoms with E-state index in [1.165, 1.54) is 5.56 Å². The van der Waals surface area contributed by atoms with E-state index in [0.717, 1.165) is 47.2 Å². The van der Waals surface area contributed by atoms with Crippen molar-refractivity contribution in [1.82, 2.24) is 9.38 Å². The number of benzene rings is 2. The van der Waals surface area contributed by atoms with Gasteiger partial charge in [0.1, 0.15) is 23.8 Å². The highest BCUT2D eigenvalue weighted by atomic mass is 79.9. The number of halogens is 1. The van der Waals surface area contributed by atoms with Crippen LogP contribution in [0.15, 0.2) is 67.1 Å². The van der Waals surface area contributed by atoms with Gasteiger partial charge in [-0.3, -0.25) is 0 Å². The second kappa shape index (κ2) is 9.63. The first kappa shape index (κ1) is 21.6. The summed E-state index contributed by atoms with van der Waals surface area (Å²) in [4.78, 5) is 4.59. The molecular weight excluding hydrogens is 446 g/mol. The largest absolute Gasteiger partial charge is 1.00 e. The third-order valence-electron chi connectivity index (χ3n) is 4.94. The van der Waals surface area contributed by atoms with Crippen LogP contribution in [0.2, 0.25) is 0 Å². The maximum absolute atomic E-state index is 5.45. The lowest BCUT2D eigenvalue weighted by atomic mass is 10.1. The molecule has 0 fully saturated rings. The molecule has 7 heteroatoms. The van der Waals surface area contributed by atoms with Gasteiger partial charge < -0.3 is 31.2 Å². The van der Waals surface area contributed by atoms with Gasteiger partial charge in [0.25, 0.3) is 0 Å². The molecule has 0 amide bonds. The molecule has 0 radical (unpaired) electrons. The summed E-state index contributed by atoms with van der Waals surface area (Å²) in [7, 11) is 4.97. The number of ether oxygens (including phenoxy) is 3. The summed E-state index contributed by atoms with van der Waals surface area (Å²) in [5, 5.41) is 0. The third-order valence-corrected chi connectivity index (χ3v) is 4.94. The van der Waals surface area contributed by atoms with Crippen LogP contribution in [0, 0.1) is 0 Å². The Hall–Kier alpha value is -3.06. The monoisotopic (exact) mass is 469 g/mol. The van der Waals surface area contributed by atoms with E-state index in [1.807, 2.05) is 42.7 Å². The number of methoxy groups -OCH3 is 3. The third kappa shape index (κ3) is 4.41. The molecule has 0 unspecified atom stereocenters. The topological polar surface area (TPSA) is 48.9 Å². The van der Waals surface area contributed by atoms with E-state index in [-0.39, 0.29) is 17.0 Å². The minimum Gasteiger partial charge on any atom is -1.00 e. The van der Waals surface area contributed by atoms with Gasteiger partial charge >= 0.3 is 5.78 Å². The van der Waals surface area contributed by atoms with Gasteiger partial charge in [-0.05, 0) is 35.4 Å².